The number of amides is 2. The lowest BCUT2D eigenvalue weighted by atomic mass is 9.78. The molecule has 1 saturated heterocycles. The highest BCUT2D eigenvalue weighted by Crippen LogP contribution is 2.37. The molecule has 2 fully saturated rings. The van der Waals surface area contributed by atoms with Crippen molar-refractivity contribution in [3.63, 3.8) is 0 Å². The first-order valence-corrected chi connectivity index (χ1v) is 11.9. The van der Waals surface area contributed by atoms with Crippen molar-refractivity contribution < 1.29 is 14.3 Å². The third-order valence-electron chi connectivity index (χ3n) is 7.25. The van der Waals surface area contributed by atoms with Gasteiger partial charge in [-0.3, -0.25) is 9.59 Å². The number of carbonyl (C=O) groups excluding carboxylic acids is 2. The van der Waals surface area contributed by atoms with Crippen molar-refractivity contribution in [1.29, 1.82) is 0 Å². The van der Waals surface area contributed by atoms with Gasteiger partial charge in [-0.15, -0.1) is 0 Å². The number of nitrogens with one attached hydrogen (secondary N) is 1. The molecule has 5 rings (SSSR count). The summed E-state index contributed by atoms with van der Waals surface area (Å²) in [5.41, 5.74) is 1.95. The molecule has 3 aromatic carbocycles. The van der Waals surface area contributed by atoms with Crippen LogP contribution in [0.2, 0.25) is 0 Å². The van der Waals surface area contributed by atoms with Crippen LogP contribution in [0.5, 0.6) is 5.75 Å². The zero-order valence-corrected chi connectivity index (χ0v) is 19.0. The van der Waals surface area contributed by atoms with Crippen LogP contribution in [0.25, 0.3) is 10.8 Å². The van der Waals surface area contributed by atoms with Gasteiger partial charge in [-0.2, -0.15) is 0 Å². The highest BCUT2D eigenvalue weighted by Gasteiger charge is 2.36. The maximum Gasteiger partial charge on any atom is 0.256 e. The number of fused-ring (bicyclic) bond motifs is 2. The average Bonchev–Trinajstić information content (AvgIpc) is 2.87. The molecule has 2 amide bonds. The van der Waals surface area contributed by atoms with E-state index < -0.39 is 0 Å². The fourth-order valence-corrected chi connectivity index (χ4v) is 5.59. The van der Waals surface area contributed by atoms with Crippen LogP contribution < -0.4 is 10.1 Å². The number of hydrogen-bond acceptors (Lipinski definition) is 3. The molecule has 33 heavy (non-hydrogen) atoms. The lowest BCUT2D eigenvalue weighted by molar-refractivity contribution is 0.0392. The monoisotopic (exact) mass is 442 g/mol. The molecule has 0 spiro atoms. The Kier molecular flexibility index (Phi) is 6.03. The number of hydrogen-bond donors (Lipinski definition) is 1. The van der Waals surface area contributed by atoms with Gasteiger partial charge >= 0.3 is 0 Å². The second kappa shape index (κ2) is 9.26. The van der Waals surface area contributed by atoms with Crippen LogP contribution in [-0.4, -0.2) is 36.4 Å². The van der Waals surface area contributed by atoms with Crippen LogP contribution >= 0.6 is 0 Å². The second-order valence-electron chi connectivity index (χ2n) is 9.14. The molecule has 0 radical (unpaired) electrons. The lowest BCUT2D eigenvalue weighted by Crippen LogP contribution is -2.49. The largest absolute Gasteiger partial charge is 0.497 e. The van der Waals surface area contributed by atoms with E-state index in [9.17, 15) is 9.59 Å². The zero-order valence-electron chi connectivity index (χ0n) is 19.0. The number of nitrogens with zero attached hydrogens (tertiary/aromatic N) is 1. The standard InChI is InChI=1S/C28H30N2O3/c1-33-21-14-12-20(13-15-21)29-27(31)24-16-17-25(23-10-4-3-9-22(23)24)28(32)30-18-6-8-19-7-2-5-11-26(19)30/h3-4,9-10,12-17,19,26H,2,5-8,11,18H2,1H3,(H,29,31). The molecule has 0 aromatic heterocycles. The molecule has 170 valence electrons. The molecule has 3 aromatic rings. The Bertz CT molecular complexity index is 1170. The van der Waals surface area contributed by atoms with E-state index >= 15 is 0 Å². The minimum absolute atomic E-state index is 0.102. The van der Waals surface area contributed by atoms with Gasteiger partial charge in [-0.1, -0.05) is 37.1 Å². The van der Waals surface area contributed by atoms with Gasteiger partial charge < -0.3 is 15.0 Å². The maximum atomic E-state index is 13.7. The summed E-state index contributed by atoms with van der Waals surface area (Å²) in [6.45, 7) is 0.827. The Morgan fingerprint density at radius 3 is 2.27 bits per heavy atom. The van der Waals surface area contributed by atoms with Crippen LogP contribution in [0.1, 0.15) is 59.2 Å². The number of methoxy groups -OCH3 is 1. The van der Waals surface area contributed by atoms with E-state index in [-0.39, 0.29) is 11.8 Å². The van der Waals surface area contributed by atoms with E-state index in [1.54, 1.807) is 13.2 Å². The maximum absolute atomic E-state index is 13.7. The Morgan fingerprint density at radius 2 is 1.52 bits per heavy atom. The van der Waals surface area contributed by atoms with Gasteiger partial charge in [0, 0.05) is 29.4 Å². The summed E-state index contributed by atoms with van der Waals surface area (Å²) in [5, 5.41) is 4.59. The normalized spacial score (nSPS) is 20.2. The summed E-state index contributed by atoms with van der Waals surface area (Å²) < 4.78 is 5.19. The third kappa shape index (κ3) is 4.20. The number of rotatable bonds is 4. The van der Waals surface area contributed by atoms with Gasteiger partial charge in [0.15, 0.2) is 0 Å². The summed E-state index contributed by atoms with van der Waals surface area (Å²) >= 11 is 0. The quantitative estimate of drug-likeness (QED) is 0.548. The molecule has 0 bridgehead atoms. The summed E-state index contributed by atoms with van der Waals surface area (Å²) in [7, 11) is 1.61. The SMILES string of the molecule is COc1ccc(NC(=O)c2ccc(C(=O)N3CCCC4CCCCC43)c3ccccc23)cc1. The molecular formula is C28H30N2O3. The Labute approximate surface area is 194 Å². The number of likely N-dealkylation sites (tertiary alicyclic amines) is 1. The zero-order chi connectivity index (χ0) is 22.8. The first-order valence-electron chi connectivity index (χ1n) is 11.9. The highest BCUT2D eigenvalue weighted by molar-refractivity contribution is 6.17. The molecule has 1 saturated carbocycles. The Morgan fingerprint density at radius 1 is 0.848 bits per heavy atom. The van der Waals surface area contributed by atoms with Gasteiger partial charge in [0.05, 0.1) is 7.11 Å². The van der Waals surface area contributed by atoms with Crippen molar-refractivity contribution >= 4 is 28.3 Å². The number of piperidine rings is 1. The number of ether oxygens (including phenoxy) is 1. The van der Waals surface area contributed by atoms with Crippen LogP contribution in [0.3, 0.4) is 0 Å². The minimum atomic E-state index is -0.194. The Balaban J connectivity index is 1.45. The molecule has 5 heteroatoms. The molecule has 2 aliphatic rings. The first kappa shape index (κ1) is 21.5. The lowest BCUT2D eigenvalue weighted by Gasteiger charge is -2.44. The van der Waals surface area contributed by atoms with Gasteiger partial charge in [0.1, 0.15) is 5.75 Å². The van der Waals surface area contributed by atoms with Crippen molar-refractivity contribution in [1.82, 2.24) is 4.90 Å². The van der Waals surface area contributed by atoms with Crippen LogP contribution in [0, 0.1) is 5.92 Å². The van der Waals surface area contributed by atoms with E-state index in [1.165, 1.54) is 25.7 Å². The number of anilines is 1. The van der Waals surface area contributed by atoms with Crippen molar-refractivity contribution in [3.8, 4) is 5.75 Å². The van der Waals surface area contributed by atoms with E-state index in [1.807, 2.05) is 54.6 Å². The van der Waals surface area contributed by atoms with E-state index in [2.05, 4.69) is 10.2 Å². The molecule has 1 aliphatic carbocycles. The molecule has 1 N–H and O–H groups in total. The van der Waals surface area contributed by atoms with Crippen molar-refractivity contribution in [2.24, 2.45) is 5.92 Å². The summed E-state index contributed by atoms with van der Waals surface area (Å²) in [6.07, 6.45) is 7.14. The molecule has 2 atom stereocenters. The Hall–Kier alpha value is -3.34. The predicted octanol–water partition coefficient (Wildman–Crippen LogP) is 5.90. The fourth-order valence-electron chi connectivity index (χ4n) is 5.59. The van der Waals surface area contributed by atoms with Crippen LogP contribution in [-0.2, 0) is 0 Å². The fraction of sp³-hybridized carbons (Fsp3) is 0.357. The molecule has 1 heterocycles. The van der Waals surface area contributed by atoms with E-state index in [0.717, 1.165) is 35.9 Å². The van der Waals surface area contributed by atoms with Gasteiger partial charge in [-0.25, -0.2) is 0 Å². The second-order valence-corrected chi connectivity index (χ2v) is 9.14. The minimum Gasteiger partial charge on any atom is -0.497 e. The van der Waals surface area contributed by atoms with Crippen molar-refractivity contribution in [3.05, 3.63) is 71.8 Å². The summed E-state index contributed by atoms with van der Waals surface area (Å²) in [5.74, 6) is 1.28. The molecule has 5 nitrogen and oxygen atoms in total. The van der Waals surface area contributed by atoms with Crippen molar-refractivity contribution in [2.45, 2.75) is 44.6 Å². The number of benzene rings is 3. The van der Waals surface area contributed by atoms with Crippen LogP contribution in [0.15, 0.2) is 60.7 Å². The highest BCUT2D eigenvalue weighted by atomic mass is 16.5. The van der Waals surface area contributed by atoms with Gasteiger partial charge in [0.25, 0.3) is 11.8 Å². The van der Waals surface area contributed by atoms with Gasteiger partial charge in [-0.05, 0) is 78.8 Å². The average molecular weight is 443 g/mol. The summed E-state index contributed by atoms with van der Waals surface area (Å²) in [6, 6.07) is 19.0. The molecular weight excluding hydrogens is 412 g/mol. The first-order chi connectivity index (χ1) is 16.2. The van der Waals surface area contributed by atoms with Crippen molar-refractivity contribution in [2.75, 3.05) is 19.0 Å². The third-order valence-corrected chi connectivity index (χ3v) is 7.25. The molecule has 1 aliphatic heterocycles. The predicted molar refractivity (Wildman–Crippen MR) is 131 cm³/mol. The van der Waals surface area contributed by atoms with E-state index in [4.69, 9.17) is 4.74 Å². The topological polar surface area (TPSA) is 58.6 Å². The van der Waals surface area contributed by atoms with E-state index in [0.29, 0.717) is 28.8 Å². The van der Waals surface area contributed by atoms with Gasteiger partial charge in [0.2, 0.25) is 0 Å². The smallest absolute Gasteiger partial charge is 0.256 e. The number of carbonyl (C=O) groups is 2. The molecule has 2 unspecified atom stereocenters. The summed E-state index contributed by atoms with van der Waals surface area (Å²) in [4.78, 5) is 28.9. The van der Waals surface area contributed by atoms with Crippen LogP contribution in [0.4, 0.5) is 5.69 Å².